The minimum atomic E-state index is 0.697. The minimum Gasteiger partial charge on any atom is -0.378 e. The van der Waals surface area contributed by atoms with Crippen LogP contribution in [0.5, 0.6) is 0 Å². The van der Waals surface area contributed by atoms with E-state index in [2.05, 4.69) is 4.90 Å². The Morgan fingerprint density at radius 3 is 2.60 bits per heavy atom. The number of nitrogens with two attached hydrogens (primary N) is 1. The molecule has 3 rings (SSSR count). The Bertz CT molecular complexity index is 115. The van der Waals surface area contributed by atoms with E-state index < -0.39 is 0 Å². The molecule has 3 saturated heterocycles. The zero-order valence-corrected chi connectivity index (χ0v) is 6.12. The number of fused-ring (bicyclic) bond motifs is 2. The van der Waals surface area contributed by atoms with Crippen LogP contribution in [0.15, 0.2) is 0 Å². The molecule has 0 aliphatic carbocycles. The molecule has 3 aliphatic rings. The normalized spacial score (nSPS) is 39.3. The van der Waals surface area contributed by atoms with Crippen LogP contribution in [0.25, 0.3) is 0 Å². The fraction of sp³-hybridized carbons (Fsp3) is 1.00. The smallest absolute Gasteiger partial charge is 0.0623 e. The average molecular weight is 142 g/mol. The van der Waals surface area contributed by atoms with E-state index in [1.54, 1.807) is 0 Å². The van der Waals surface area contributed by atoms with Crippen molar-refractivity contribution in [2.45, 2.75) is 18.5 Å². The van der Waals surface area contributed by atoms with Crippen LogP contribution in [0.1, 0.15) is 6.42 Å². The van der Waals surface area contributed by atoms with Crippen molar-refractivity contribution in [3.63, 3.8) is 0 Å². The van der Waals surface area contributed by atoms with Crippen LogP contribution >= 0.6 is 0 Å². The van der Waals surface area contributed by atoms with Crippen molar-refractivity contribution in [2.24, 2.45) is 5.73 Å². The van der Waals surface area contributed by atoms with Crippen LogP contribution in [0.2, 0.25) is 0 Å². The summed E-state index contributed by atoms with van der Waals surface area (Å²) in [5.74, 6) is 0. The largest absolute Gasteiger partial charge is 0.378 e. The van der Waals surface area contributed by atoms with Crippen LogP contribution in [0.3, 0.4) is 0 Å². The fourth-order valence-electron chi connectivity index (χ4n) is 1.93. The highest BCUT2D eigenvalue weighted by Gasteiger charge is 2.41. The summed E-state index contributed by atoms with van der Waals surface area (Å²) in [5, 5.41) is 0. The summed E-state index contributed by atoms with van der Waals surface area (Å²) in [7, 11) is 0. The van der Waals surface area contributed by atoms with E-state index in [1.165, 1.54) is 6.42 Å². The fourth-order valence-corrected chi connectivity index (χ4v) is 1.93. The molecular weight excluding hydrogens is 128 g/mol. The number of hydrogen-bond donors (Lipinski definition) is 1. The van der Waals surface area contributed by atoms with Gasteiger partial charge in [-0.05, 0) is 6.42 Å². The van der Waals surface area contributed by atoms with Gasteiger partial charge < -0.3 is 10.5 Å². The van der Waals surface area contributed by atoms with Crippen LogP contribution in [0.4, 0.5) is 0 Å². The second-order valence-corrected chi connectivity index (χ2v) is 3.11. The van der Waals surface area contributed by atoms with Crippen molar-refractivity contribution in [2.75, 3.05) is 26.3 Å². The number of nitrogens with zero attached hydrogens (tertiary/aromatic N) is 1. The molecule has 2 bridgehead atoms. The van der Waals surface area contributed by atoms with E-state index in [-0.39, 0.29) is 0 Å². The summed E-state index contributed by atoms with van der Waals surface area (Å²) < 4.78 is 5.33. The highest BCUT2D eigenvalue weighted by atomic mass is 16.5. The molecule has 10 heavy (non-hydrogen) atoms. The van der Waals surface area contributed by atoms with Crippen molar-refractivity contribution in [3.8, 4) is 0 Å². The molecule has 0 saturated carbocycles. The highest BCUT2D eigenvalue weighted by Crippen LogP contribution is 2.29. The lowest BCUT2D eigenvalue weighted by Gasteiger charge is -2.52. The molecule has 3 heterocycles. The van der Waals surface area contributed by atoms with Crippen molar-refractivity contribution in [1.82, 2.24) is 4.90 Å². The summed E-state index contributed by atoms with van der Waals surface area (Å²) in [5.41, 5.74) is 5.46. The maximum Gasteiger partial charge on any atom is 0.0623 e. The molecule has 0 aromatic carbocycles. The van der Waals surface area contributed by atoms with Crippen molar-refractivity contribution in [3.05, 3.63) is 0 Å². The van der Waals surface area contributed by atoms with Gasteiger partial charge in [0, 0.05) is 25.2 Å². The molecule has 0 radical (unpaired) electrons. The van der Waals surface area contributed by atoms with Gasteiger partial charge in [-0.15, -0.1) is 0 Å². The van der Waals surface area contributed by atoms with Gasteiger partial charge >= 0.3 is 0 Å². The van der Waals surface area contributed by atoms with Crippen LogP contribution < -0.4 is 5.73 Å². The Labute approximate surface area is 61.1 Å². The summed E-state index contributed by atoms with van der Waals surface area (Å²) in [6, 6.07) is 1.39. The number of rotatable bonds is 2. The summed E-state index contributed by atoms with van der Waals surface area (Å²) in [6.07, 6.45) is 1.33. The molecule has 2 N–H and O–H groups in total. The topological polar surface area (TPSA) is 38.5 Å². The highest BCUT2D eigenvalue weighted by molar-refractivity contribution is 4.95. The number of morpholine rings is 1. The molecule has 3 heteroatoms. The van der Waals surface area contributed by atoms with Crippen molar-refractivity contribution >= 4 is 0 Å². The van der Waals surface area contributed by atoms with Gasteiger partial charge in [-0.25, -0.2) is 0 Å². The predicted molar refractivity (Wildman–Crippen MR) is 38.8 cm³/mol. The monoisotopic (exact) mass is 142 g/mol. The van der Waals surface area contributed by atoms with Crippen LogP contribution in [-0.4, -0.2) is 43.3 Å². The first-order valence-corrected chi connectivity index (χ1v) is 3.95. The molecule has 0 amide bonds. The van der Waals surface area contributed by atoms with E-state index in [1.807, 2.05) is 0 Å². The molecule has 0 aromatic rings. The van der Waals surface area contributed by atoms with Gasteiger partial charge in [0.2, 0.25) is 0 Å². The third-order valence-electron chi connectivity index (χ3n) is 2.49. The number of hydrogen-bond acceptors (Lipinski definition) is 3. The van der Waals surface area contributed by atoms with Crippen LogP contribution in [-0.2, 0) is 4.74 Å². The van der Waals surface area contributed by atoms with E-state index in [0.29, 0.717) is 12.1 Å². The lowest BCUT2D eigenvalue weighted by atomic mass is 9.91. The molecule has 0 spiro atoms. The Hall–Kier alpha value is -0.120. The molecule has 2 atom stereocenters. The third-order valence-corrected chi connectivity index (χ3v) is 2.49. The molecule has 0 aromatic heterocycles. The van der Waals surface area contributed by atoms with Gasteiger partial charge in [-0.3, -0.25) is 4.90 Å². The molecule has 0 unspecified atom stereocenters. The van der Waals surface area contributed by atoms with E-state index in [9.17, 15) is 0 Å². The first kappa shape index (κ1) is 6.58. The maximum atomic E-state index is 5.46. The van der Waals surface area contributed by atoms with Gasteiger partial charge in [-0.2, -0.15) is 0 Å². The molecular formula is C7H14N2O. The van der Waals surface area contributed by atoms with Gasteiger partial charge in [-0.1, -0.05) is 0 Å². The first-order chi connectivity index (χ1) is 4.92. The lowest BCUT2D eigenvalue weighted by Crippen LogP contribution is -2.64. The maximum absolute atomic E-state index is 5.46. The Morgan fingerprint density at radius 1 is 1.40 bits per heavy atom. The summed E-state index contributed by atoms with van der Waals surface area (Å²) in [6.45, 7) is 3.69. The third kappa shape index (κ3) is 0.856. The first-order valence-electron chi connectivity index (χ1n) is 3.95. The Balaban J connectivity index is 1.87. The van der Waals surface area contributed by atoms with Gasteiger partial charge in [0.25, 0.3) is 0 Å². The predicted octanol–water partition coefficient (Wildman–Crippen LogP) is -0.582. The summed E-state index contributed by atoms with van der Waals surface area (Å²) >= 11 is 0. The standard InChI is InChI=1S/C7H14N2O/c8-1-2-9-6-3-7(9)5-10-4-6/h6-7H,1-5,8H2/t6-,7-/m1/s1. The van der Waals surface area contributed by atoms with Crippen molar-refractivity contribution in [1.29, 1.82) is 0 Å². The van der Waals surface area contributed by atoms with Gasteiger partial charge in [0.05, 0.1) is 13.2 Å². The Kier molecular flexibility index (Phi) is 1.64. The second kappa shape index (κ2) is 2.49. The SMILES string of the molecule is NCCN1[C@H]2COC[C@H]1C2. The quantitative estimate of drug-likeness (QED) is 0.560. The second-order valence-electron chi connectivity index (χ2n) is 3.11. The molecule has 3 aliphatic heterocycles. The number of ether oxygens (including phenoxy) is 1. The molecule has 3 nitrogen and oxygen atoms in total. The lowest BCUT2D eigenvalue weighted by molar-refractivity contribution is -0.125. The van der Waals surface area contributed by atoms with Crippen molar-refractivity contribution < 1.29 is 4.74 Å². The zero-order valence-electron chi connectivity index (χ0n) is 6.12. The molecule has 3 fully saturated rings. The van der Waals surface area contributed by atoms with Crippen LogP contribution in [0, 0.1) is 0 Å². The van der Waals surface area contributed by atoms with E-state index in [4.69, 9.17) is 10.5 Å². The van der Waals surface area contributed by atoms with E-state index in [0.717, 1.165) is 26.3 Å². The van der Waals surface area contributed by atoms with Gasteiger partial charge in [0.1, 0.15) is 0 Å². The summed E-state index contributed by atoms with van der Waals surface area (Å²) in [4.78, 5) is 2.46. The van der Waals surface area contributed by atoms with E-state index >= 15 is 0 Å². The van der Waals surface area contributed by atoms with Gasteiger partial charge in [0.15, 0.2) is 0 Å². The molecule has 58 valence electrons. The minimum absolute atomic E-state index is 0.697. The average Bonchev–Trinajstić information content (AvgIpc) is 2.01. The zero-order chi connectivity index (χ0) is 6.97. The Morgan fingerprint density at radius 2 is 2.10 bits per heavy atom.